The molecule has 7 heteroatoms. The summed E-state index contributed by atoms with van der Waals surface area (Å²) in [5.41, 5.74) is 1.59. The number of hydrogen-bond donors (Lipinski definition) is 1. The number of benzene rings is 2. The molecule has 30 heavy (non-hydrogen) atoms. The van der Waals surface area contributed by atoms with Crippen LogP contribution in [0.2, 0.25) is 5.02 Å². The topological polar surface area (TPSA) is 70.5 Å². The first-order chi connectivity index (χ1) is 14.5. The Hall–Kier alpha value is -3.51. The summed E-state index contributed by atoms with van der Waals surface area (Å²) in [7, 11) is 0. The maximum Gasteiger partial charge on any atom is 0.295 e. The third kappa shape index (κ3) is 3.69. The summed E-state index contributed by atoms with van der Waals surface area (Å²) in [6.45, 7) is 0.131. The fourth-order valence-corrected chi connectivity index (χ4v) is 3.61. The van der Waals surface area contributed by atoms with Gasteiger partial charge in [-0.3, -0.25) is 14.6 Å². The molecular formula is C23H16ClFN2O3. The van der Waals surface area contributed by atoms with E-state index < -0.39 is 23.5 Å². The van der Waals surface area contributed by atoms with Gasteiger partial charge in [-0.05, 0) is 59.7 Å². The third-order valence-corrected chi connectivity index (χ3v) is 5.20. The summed E-state index contributed by atoms with van der Waals surface area (Å²) >= 11 is 5.91. The zero-order valence-electron chi connectivity index (χ0n) is 15.6. The first-order valence-electron chi connectivity index (χ1n) is 9.14. The molecule has 1 aliphatic rings. The van der Waals surface area contributed by atoms with E-state index in [1.54, 1.807) is 48.8 Å². The molecular weight excluding hydrogens is 407 g/mol. The van der Waals surface area contributed by atoms with Crippen molar-refractivity contribution in [2.75, 3.05) is 0 Å². The van der Waals surface area contributed by atoms with Crippen molar-refractivity contribution in [1.29, 1.82) is 0 Å². The zero-order valence-corrected chi connectivity index (χ0v) is 16.4. The predicted molar refractivity (Wildman–Crippen MR) is 110 cm³/mol. The van der Waals surface area contributed by atoms with Crippen LogP contribution in [0.4, 0.5) is 4.39 Å². The van der Waals surface area contributed by atoms with Crippen molar-refractivity contribution < 1.29 is 19.1 Å². The van der Waals surface area contributed by atoms with Crippen molar-refractivity contribution in [2.24, 2.45) is 0 Å². The lowest BCUT2D eigenvalue weighted by Gasteiger charge is -2.25. The van der Waals surface area contributed by atoms with Gasteiger partial charge < -0.3 is 10.0 Å². The molecule has 4 rings (SSSR count). The summed E-state index contributed by atoms with van der Waals surface area (Å²) in [6.07, 6.45) is 3.18. The highest BCUT2D eigenvalue weighted by Crippen LogP contribution is 2.40. The Balaban J connectivity index is 1.85. The van der Waals surface area contributed by atoms with Gasteiger partial charge in [-0.1, -0.05) is 23.7 Å². The number of carbonyl (C=O) groups excluding carboxylic acids is 2. The molecule has 1 unspecified atom stereocenters. The monoisotopic (exact) mass is 422 g/mol. The number of Topliss-reactive ketones (excluding diaryl/α,β-unsaturated/α-hetero) is 1. The van der Waals surface area contributed by atoms with Gasteiger partial charge in [0.25, 0.3) is 11.7 Å². The van der Waals surface area contributed by atoms with Crippen LogP contribution in [0.5, 0.6) is 0 Å². The summed E-state index contributed by atoms with van der Waals surface area (Å²) in [5, 5.41) is 11.4. The van der Waals surface area contributed by atoms with Gasteiger partial charge in [0, 0.05) is 29.5 Å². The lowest BCUT2D eigenvalue weighted by molar-refractivity contribution is -0.140. The molecule has 1 N–H and O–H groups in total. The van der Waals surface area contributed by atoms with E-state index in [1.165, 1.54) is 29.2 Å². The molecule has 2 aromatic carbocycles. The number of halogens is 2. The smallest absolute Gasteiger partial charge is 0.295 e. The predicted octanol–water partition coefficient (Wildman–Crippen LogP) is 4.50. The van der Waals surface area contributed by atoms with Gasteiger partial charge in [0.1, 0.15) is 11.6 Å². The molecule has 1 aromatic heterocycles. The Labute approximate surface area is 177 Å². The second-order valence-electron chi connectivity index (χ2n) is 6.84. The number of ketones is 1. The minimum Gasteiger partial charge on any atom is -0.507 e. The molecule has 3 aromatic rings. The Morgan fingerprint density at radius 2 is 1.63 bits per heavy atom. The first kappa shape index (κ1) is 19.8. The highest BCUT2D eigenvalue weighted by molar-refractivity contribution is 6.46. The lowest BCUT2D eigenvalue weighted by atomic mass is 9.95. The largest absolute Gasteiger partial charge is 0.507 e. The number of amides is 1. The molecule has 0 bridgehead atoms. The van der Waals surface area contributed by atoms with Crippen LogP contribution >= 0.6 is 11.6 Å². The summed E-state index contributed by atoms with van der Waals surface area (Å²) in [4.78, 5) is 31.1. The highest BCUT2D eigenvalue weighted by Gasteiger charge is 2.46. The quantitative estimate of drug-likeness (QED) is 0.382. The molecule has 5 nitrogen and oxygen atoms in total. The van der Waals surface area contributed by atoms with Crippen LogP contribution in [-0.4, -0.2) is 26.7 Å². The van der Waals surface area contributed by atoms with Crippen molar-refractivity contribution in [3.8, 4) is 0 Å². The molecule has 150 valence electrons. The van der Waals surface area contributed by atoms with Crippen LogP contribution in [0, 0.1) is 5.82 Å². The molecule has 1 amide bonds. The maximum atomic E-state index is 13.5. The van der Waals surface area contributed by atoms with E-state index in [1.807, 2.05) is 0 Å². The van der Waals surface area contributed by atoms with Gasteiger partial charge in [-0.25, -0.2) is 4.39 Å². The fraction of sp³-hybridized carbons (Fsp3) is 0.0870. The SMILES string of the molecule is O=C1C(=O)N(Cc2ccncc2)C(c2ccc(F)cc2)/C1=C(\O)c1ccc(Cl)cc1. The van der Waals surface area contributed by atoms with Crippen molar-refractivity contribution in [3.63, 3.8) is 0 Å². The molecule has 0 spiro atoms. The van der Waals surface area contributed by atoms with E-state index in [0.717, 1.165) is 5.56 Å². The van der Waals surface area contributed by atoms with E-state index in [2.05, 4.69) is 4.98 Å². The van der Waals surface area contributed by atoms with Crippen LogP contribution in [0.25, 0.3) is 5.76 Å². The number of rotatable bonds is 4. The number of nitrogens with zero attached hydrogens (tertiary/aromatic N) is 2. The van der Waals surface area contributed by atoms with Crippen molar-refractivity contribution in [3.05, 3.63) is 106 Å². The van der Waals surface area contributed by atoms with Gasteiger partial charge in [-0.15, -0.1) is 0 Å². The van der Waals surface area contributed by atoms with Crippen LogP contribution in [0.1, 0.15) is 22.7 Å². The average Bonchev–Trinajstić information content (AvgIpc) is 3.00. The van der Waals surface area contributed by atoms with Crippen LogP contribution < -0.4 is 0 Å². The molecule has 1 fully saturated rings. The van der Waals surface area contributed by atoms with Gasteiger partial charge in [0.05, 0.1) is 11.6 Å². The van der Waals surface area contributed by atoms with Crippen LogP contribution in [0.3, 0.4) is 0 Å². The molecule has 0 saturated carbocycles. The number of pyridine rings is 1. The van der Waals surface area contributed by atoms with Crippen molar-refractivity contribution in [1.82, 2.24) is 9.88 Å². The lowest BCUT2D eigenvalue weighted by Crippen LogP contribution is -2.29. The minimum absolute atomic E-state index is 0.0528. The highest BCUT2D eigenvalue weighted by atomic mass is 35.5. The van der Waals surface area contributed by atoms with Crippen LogP contribution in [-0.2, 0) is 16.1 Å². The second kappa shape index (κ2) is 8.08. The Bertz CT molecular complexity index is 1130. The summed E-state index contributed by atoms with van der Waals surface area (Å²) in [5.74, 6) is -2.29. The maximum absolute atomic E-state index is 13.5. The second-order valence-corrected chi connectivity index (χ2v) is 7.28. The number of carbonyl (C=O) groups is 2. The van der Waals surface area contributed by atoms with E-state index in [0.29, 0.717) is 16.1 Å². The molecule has 2 heterocycles. The standard InChI is InChI=1S/C23H16ClFN2O3/c24-17-5-1-16(2-6-17)21(28)19-20(15-3-7-18(25)8-4-15)27(23(30)22(19)29)13-14-9-11-26-12-10-14/h1-12,20,28H,13H2/b21-19+. The van der Waals surface area contributed by atoms with E-state index in [4.69, 9.17) is 11.6 Å². The molecule has 1 atom stereocenters. The van der Waals surface area contributed by atoms with Crippen LogP contribution in [0.15, 0.2) is 78.6 Å². The molecule has 0 radical (unpaired) electrons. The van der Waals surface area contributed by atoms with Gasteiger partial charge >= 0.3 is 0 Å². The average molecular weight is 423 g/mol. The first-order valence-corrected chi connectivity index (χ1v) is 9.52. The summed E-state index contributed by atoms with van der Waals surface area (Å²) < 4.78 is 13.5. The normalized spacial score (nSPS) is 18.1. The zero-order chi connectivity index (χ0) is 21.3. The fourth-order valence-electron chi connectivity index (χ4n) is 3.48. The number of aliphatic hydroxyl groups is 1. The molecule has 1 aliphatic heterocycles. The Morgan fingerprint density at radius 3 is 2.27 bits per heavy atom. The molecule has 0 aliphatic carbocycles. The number of aliphatic hydroxyl groups excluding tert-OH is 1. The Kier molecular flexibility index (Phi) is 5.33. The minimum atomic E-state index is -0.866. The summed E-state index contributed by atoms with van der Waals surface area (Å²) in [6, 6.07) is 14.4. The number of aromatic nitrogens is 1. The van der Waals surface area contributed by atoms with Gasteiger partial charge in [0.15, 0.2) is 0 Å². The van der Waals surface area contributed by atoms with E-state index in [-0.39, 0.29) is 17.9 Å². The number of likely N-dealkylation sites (tertiary alicyclic amines) is 1. The van der Waals surface area contributed by atoms with E-state index in [9.17, 15) is 19.1 Å². The van der Waals surface area contributed by atoms with Gasteiger partial charge in [-0.2, -0.15) is 0 Å². The Morgan fingerprint density at radius 1 is 1.00 bits per heavy atom. The van der Waals surface area contributed by atoms with Crippen molar-refractivity contribution in [2.45, 2.75) is 12.6 Å². The van der Waals surface area contributed by atoms with Crippen molar-refractivity contribution >= 4 is 29.1 Å². The number of hydrogen-bond acceptors (Lipinski definition) is 4. The van der Waals surface area contributed by atoms with Gasteiger partial charge in [0.2, 0.25) is 0 Å². The molecule has 1 saturated heterocycles. The van der Waals surface area contributed by atoms with E-state index >= 15 is 0 Å². The third-order valence-electron chi connectivity index (χ3n) is 4.95.